The summed E-state index contributed by atoms with van der Waals surface area (Å²) in [7, 11) is 0. The Kier molecular flexibility index (Phi) is 2.94. The molecule has 0 bridgehead atoms. The summed E-state index contributed by atoms with van der Waals surface area (Å²) >= 11 is 0. The van der Waals surface area contributed by atoms with Crippen LogP contribution in [-0.4, -0.2) is 28.3 Å². The molecule has 1 fully saturated rings. The Balaban J connectivity index is 2.01. The fraction of sp³-hybridized carbons (Fsp3) is 0.455. The van der Waals surface area contributed by atoms with E-state index in [9.17, 15) is 9.59 Å². The minimum absolute atomic E-state index is 0.0205. The minimum atomic E-state index is -0.480. The van der Waals surface area contributed by atoms with Gasteiger partial charge in [-0.2, -0.15) is 0 Å². The van der Waals surface area contributed by atoms with Crippen molar-refractivity contribution in [3.63, 3.8) is 0 Å². The molecule has 0 aliphatic heterocycles. The van der Waals surface area contributed by atoms with Gasteiger partial charge in [0.25, 0.3) is 0 Å². The van der Waals surface area contributed by atoms with E-state index in [0.29, 0.717) is 12.2 Å². The number of esters is 1. The van der Waals surface area contributed by atoms with Crippen LogP contribution in [0.2, 0.25) is 0 Å². The second kappa shape index (κ2) is 4.38. The van der Waals surface area contributed by atoms with Crippen LogP contribution in [0.15, 0.2) is 12.4 Å². The zero-order chi connectivity index (χ0) is 11.5. The summed E-state index contributed by atoms with van der Waals surface area (Å²) in [6, 6.07) is 1.33. The van der Waals surface area contributed by atoms with Gasteiger partial charge >= 0.3 is 5.97 Å². The summed E-state index contributed by atoms with van der Waals surface area (Å²) in [4.78, 5) is 29.5. The molecule has 84 valence electrons. The zero-order valence-electron chi connectivity index (χ0n) is 8.92. The van der Waals surface area contributed by atoms with E-state index in [-0.39, 0.29) is 17.5 Å². The van der Waals surface area contributed by atoms with Crippen LogP contribution < -0.4 is 0 Å². The van der Waals surface area contributed by atoms with Crippen molar-refractivity contribution in [2.24, 2.45) is 5.92 Å². The number of carbonyl (C=O) groups is 2. The van der Waals surface area contributed by atoms with E-state index in [0.717, 1.165) is 12.8 Å². The molecule has 0 radical (unpaired) electrons. The number of aromatic nitrogens is 2. The summed E-state index contributed by atoms with van der Waals surface area (Å²) in [5, 5.41) is 0. The first-order valence-corrected chi connectivity index (χ1v) is 5.22. The lowest BCUT2D eigenvalue weighted by Crippen LogP contribution is -2.11. The van der Waals surface area contributed by atoms with E-state index in [2.05, 4.69) is 16.9 Å². The highest BCUT2D eigenvalue weighted by molar-refractivity contribution is 5.89. The van der Waals surface area contributed by atoms with Crippen molar-refractivity contribution in [1.82, 2.24) is 9.97 Å². The van der Waals surface area contributed by atoms with Crippen molar-refractivity contribution in [1.29, 1.82) is 0 Å². The Morgan fingerprint density at radius 1 is 1.62 bits per heavy atom. The van der Waals surface area contributed by atoms with Crippen LogP contribution >= 0.6 is 0 Å². The number of ether oxygens (including phenoxy) is 1. The molecular weight excluding hydrogens is 208 g/mol. The molecule has 0 saturated heterocycles. The molecule has 1 aliphatic carbocycles. The molecule has 1 aliphatic rings. The van der Waals surface area contributed by atoms with Crippen LogP contribution in [0, 0.1) is 5.92 Å². The van der Waals surface area contributed by atoms with Crippen LogP contribution in [-0.2, 0) is 4.74 Å². The quantitative estimate of drug-likeness (QED) is 0.564. The van der Waals surface area contributed by atoms with Crippen LogP contribution in [0.3, 0.4) is 0 Å². The van der Waals surface area contributed by atoms with Gasteiger partial charge in [-0.1, -0.05) is 6.92 Å². The third-order valence-electron chi connectivity index (χ3n) is 2.66. The van der Waals surface area contributed by atoms with E-state index in [1.165, 1.54) is 12.4 Å². The van der Waals surface area contributed by atoms with Crippen molar-refractivity contribution < 1.29 is 14.3 Å². The highest BCUT2D eigenvalue weighted by atomic mass is 16.5. The van der Waals surface area contributed by atoms with Crippen molar-refractivity contribution in [3.05, 3.63) is 23.8 Å². The normalized spacial score (nSPS) is 22.6. The standard InChI is InChI=1S/C11H12N2O3/c1-2-7-3-10(7)16-11(15)9-4-8(5-14)12-6-13-9/h4-7,10H,2-3H2,1H3. The second-order valence-corrected chi connectivity index (χ2v) is 3.79. The van der Waals surface area contributed by atoms with Crippen LogP contribution in [0.5, 0.6) is 0 Å². The Hall–Kier alpha value is -1.78. The molecular formula is C11H12N2O3. The molecule has 2 rings (SSSR count). The fourth-order valence-electron chi connectivity index (χ4n) is 1.54. The molecule has 5 nitrogen and oxygen atoms in total. The topological polar surface area (TPSA) is 69.2 Å². The highest BCUT2D eigenvalue weighted by Gasteiger charge is 2.39. The van der Waals surface area contributed by atoms with Gasteiger partial charge in [0.1, 0.15) is 18.1 Å². The molecule has 1 aromatic heterocycles. The molecule has 1 heterocycles. The number of aldehydes is 1. The molecule has 0 spiro atoms. The molecule has 1 saturated carbocycles. The Morgan fingerprint density at radius 2 is 2.44 bits per heavy atom. The van der Waals surface area contributed by atoms with E-state index < -0.39 is 5.97 Å². The first-order chi connectivity index (χ1) is 7.74. The third kappa shape index (κ3) is 2.24. The predicted molar refractivity (Wildman–Crippen MR) is 55.0 cm³/mol. The lowest BCUT2D eigenvalue weighted by molar-refractivity contribution is 0.0442. The maximum atomic E-state index is 11.6. The molecule has 0 amide bonds. The zero-order valence-corrected chi connectivity index (χ0v) is 8.92. The van der Waals surface area contributed by atoms with E-state index in [4.69, 9.17) is 4.74 Å². The van der Waals surface area contributed by atoms with Crippen LogP contribution in [0.1, 0.15) is 40.7 Å². The predicted octanol–water partition coefficient (Wildman–Crippen LogP) is 1.24. The van der Waals surface area contributed by atoms with E-state index >= 15 is 0 Å². The Bertz CT molecular complexity index is 419. The molecule has 0 N–H and O–H groups in total. The maximum Gasteiger partial charge on any atom is 0.357 e. The molecule has 2 unspecified atom stereocenters. The average Bonchev–Trinajstić information content (AvgIpc) is 3.07. The summed E-state index contributed by atoms with van der Waals surface area (Å²) in [6.45, 7) is 2.06. The Morgan fingerprint density at radius 3 is 3.06 bits per heavy atom. The smallest absolute Gasteiger partial charge is 0.357 e. The van der Waals surface area contributed by atoms with Gasteiger partial charge in [0.2, 0.25) is 0 Å². The van der Waals surface area contributed by atoms with Crippen molar-refractivity contribution in [3.8, 4) is 0 Å². The van der Waals surface area contributed by atoms with Crippen molar-refractivity contribution in [2.45, 2.75) is 25.9 Å². The number of rotatable bonds is 4. The van der Waals surface area contributed by atoms with E-state index in [1.807, 2.05) is 0 Å². The molecule has 2 atom stereocenters. The first kappa shape index (κ1) is 10.7. The number of hydrogen-bond acceptors (Lipinski definition) is 5. The van der Waals surface area contributed by atoms with Gasteiger partial charge < -0.3 is 4.74 Å². The molecule has 16 heavy (non-hydrogen) atoms. The van der Waals surface area contributed by atoms with Gasteiger partial charge in [-0.15, -0.1) is 0 Å². The number of carbonyl (C=O) groups excluding carboxylic acids is 2. The van der Waals surface area contributed by atoms with Gasteiger partial charge in [0, 0.05) is 6.07 Å². The third-order valence-corrected chi connectivity index (χ3v) is 2.66. The lowest BCUT2D eigenvalue weighted by Gasteiger charge is -2.02. The van der Waals surface area contributed by atoms with Crippen LogP contribution in [0.4, 0.5) is 0 Å². The summed E-state index contributed by atoms with van der Waals surface area (Å²) in [5.41, 5.74) is 0.323. The summed E-state index contributed by atoms with van der Waals surface area (Å²) in [6.07, 6.45) is 3.72. The van der Waals surface area contributed by atoms with Crippen LogP contribution in [0.25, 0.3) is 0 Å². The Labute approximate surface area is 92.9 Å². The fourth-order valence-corrected chi connectivity index (χ4v) is 1.54. The van der Waals surface area contributed by atoms with Gasteiger partial charge in [0.05, 0.1) is 0 Å². The molecule has 0 aromatic carbocycles. The van der Waals surface area contributed by atoms with E-state index in [1.54, 1.807) is 0 Å². The summed E-state index contributed by atoms with van der Waals surface area (Å²) in [5.74, 6) is 0.00257. The molecule has 1 aromatic rings. The van der Waals surface area contributed by atoms with Gasteiger partial charge in [-0.25, -0.2) is 14.8 Å². The van der Waals surface area contributed by atoms with Gasteiger partial charge in [-0.05, 0) is 18.8 Å². The highest BCUT2D eigenvalue weighted by Crippen LogP contribution is 2.36. The largest absolute Gasteiger partial charge is 0.457 e. The monoisotopic (exact) mass is 220 g/mol. The van der Waals surface area contributed by atoms with Crippen molar-refractivity contribution in [2.75, 3.05) is 0 Å². The minimum Gasteiger partial charge on any atom is -0.457 e. The second-order valence-electron chi connectivity index (χ2n) is 3.79. The number of nitrogens with zero attached hydrogens (tertiary/aromatic N) is 2. The SMILES string of the molecule is CCC1CC1OC(=O)c1cc(C=O)ncn1. The maximum absolute atomic E-state index is 11.6. The first-order valence-electron chi connectivity index (χ1n) is 5.22. The van der Waals surface area contributed by atoms with Crippen molar-refractivity contribution >= 4 is 12.3 Å². The lowest BCUT2D eigenvalue weighted by atomic mass is 10.3. The van der Waals surface area contributed by atoms with Gasteiger partial charge in [-0.3, -0.25) is 4.79 Å². The average molecular weight is 220 g/mol. The number of hydrogen-bond donors (Lipinski definition) is 0. The van der Waals surface area contributed by atoms with Gasteiger partial charge in [0.15, 0.2) is 12.0 Å². The molecule has 5 heteroatoms. The summed E-state index contributed by atoms with van der Waals surface area (Å²) < 4.78 is 5.21.